The van der Waals surface area contributed by atoms with Crippen LogP contribution in [0.4, 0.5) is 17.1 Å². The van der Waals surface area contributed by atoms with Gasteiger partial charge in [0.15, 0.2) is 0 Å². The van der Waals surface area contributed by atoms with Crippen LogP contribution in [0.3, 0.4) is 0 Å². The SMILES string of the molecule is COB1Oc2ccccc2N(c2ccccc2O)c2ccccc2O1. The summed E-state index contributed by atoms with van der Waals surface area (Å²) in [5, 5.41) is 10.4. The Morgan fingerprint density at radius 1 is 0.760 bits per heavy atom. The molecule has 6 heteroatoms. The number of hydrogen-bond acceptors (Lipinski definition) is 5. The van der Waals surface area contributed by atoms with E-state index in [9.17, 15) is 5.11 Å². The van der Waals surface area contributed by atoms with Crippen molar-refractivity contribution in [3.05, 3.63) is 72.8 Å². The Kier molecular flexibility index (Phi) is 3.95. The molecule has 3 aromatic rings. The van der Waals surface area contributed by atoms with Gasteiger partial charge in [0.25, 0.3) is 0 Å². The highest BCUT2D eigenvalue weighted by molar-refractivity contribution is 6.39. The van der Waals surface area contributed by atoms with E-state index < -0.39 is 7.32 Å². The molecule has 4 rings (SSSR count). The van der Waals surface area contributed by atoms with Gasteiger partial charge in [0.05, 0.1) is 17.1 Å². The first-order valence-electron chi connectivity index (χ1n) is 7.90. The molecular weight excluding hydrogens is 317 g/mol. The van der Waals surface area contributed by atoms with Crippen molar-refractivity contribution >= 4 is 24.4 Å². The zero-order valence-electron chi connectivity index (χ0n) is 13.6. The Balaban J connectivity index is 1.99. The summed E-state index contributed by atoms with van der Waals surface area (Å²) in [5.74, 6) is 1.34. The Morgan fingerprint density at radius 2 is 1.24 bits per heavy atom. The standard InChI is InChI=1S/C19H16BNO4/c1-23-20-24-18-12-6-3-9-15(18)21(14-8-2-5-11-17(14)22)16-10-4-7-13-19(16)25-20/h2-13,22H,1H3. The molecule has 0 saturated carbocycles. The van der Waals surface area contributed by atoms with Crippen LogP contribution in [-0.2, 0) is 4.65 Å². The van der Waals surface area contributed by atoms with Crippen molar-refractivity contribution in [3.63, 3.8) is 0 Å². The highest BCUT2D eigenvalue weighted by Gasteiger charge is 2.33. The van der Waals surface area contributed by atoms with Gasteiger partial charge in [-0.25, -0.2) is 0 Å². The molecule has 1 heterocycles. The highest BCUT2D eigenvalue weighted by Crippen LogP contribution is 2.47. The fourth-order valence-corrected chi connectivity index (χ4v) is 2.85. The lowest BCUT2D eigenvalue weighted by Crippen LogP contribution is -2.34. The lowest BCUT2D eigenvalue weighted by molar-refractivity contribution is 0.246. The van der Waals surface area contributed by atoms with Gasteiger partial charge < -0.3 is 24.0 Å². The number of aromatic hydroxyl groups is 1. The predicted molar refractivity (Wildman–Crippen MR) is 96.8 cm³/mol. The highest BCUT2D eigenvalue weighted by atomic mass is 16.7. The first kappa shape index (κ1) is 15.4. The molecule has 0 spiro atoms. The normalized spacial score (nSPS) is 13.0. The van der Waals surface area contributed by atoms with Gasteiger partial charge >= 0.3 is 7.32 Å². The Labute approximate surface area is 146 Å². The average molecular weight is 333 g/mol. The van der Waals surface area contributed by atoms with Crippen molar-refractivity contribution in [2.24, 2.45) is 0 Å². The fraction of sp³-hybridized carbons (Fsp3) is 0.0526. The number of phenols is 1. The molecule has 0 aromatic heterocycles. The van der Waals surface area contributed by atoms with Crippen LogP contribution in [0.2, 0.25) is 0 Å². The molecule has 124 valence electrons. The largest absolute Gasteiger partial charge is 0.787 e. The van der Waals surface area contributed by atoms with Gasteiger partial charge in [-0.1, -0.05) is 36.4 Å². The molecule has 0 aliphatic carbocycles. The molecule has 0 bridgehead atoms. The molecule has 0 unspecified atom stereocenters. The van der Waals surface area contributed by atoms with Crippen LogP contribution >= 0.6 is 0 Å². The van der Waals surface area contributed by atoms with Crippen molar-refractivity contribution in [2.45, 2.75) is 0 Å². The van der Waals surface area contributed by atoms with E-state index in [4.69, 9.17) is 14.0 Å². The molecule has 0 atom stereocenters. The Bertz CT molecular complexity index is 852. The molecule has 1 N–H and O–H groups in total. The van der Waals surface area contributed by atoms with Crippen LogP contribution in [0.15, 0.2) is 72.8 Å². The van der Waals surface area contributed by atoms with Crippen molar-refractivity contribution in [3.8, 4) is 17.2 Å². The van der Waals surface area contributed by atoms with Gasteiger partial charge in [-0.3, -0.25) is 0 Å². The topological polar surface area (TPSA) is 51.2 Å². The van der Waals surface area contributed by atoms with Gasteiger partial charge in [0.1, 0.15) is 17.2 Å². The molecule has 0 saturated heterocycles. The van der Waals surface area contributed by atoms with E-state index in [-0.39, 0.29) is 5.75 Å². The maximum Gasteiger partial charge on any atom is 0.787 e. The molecule has 25 heavy (non-hydrogen) atoms. The first-order chi connectivity index (χ1) is 12.3. The third-order valence-corrected chi connectivity index (χ3v) is 3.97. The monoisotopic (exact) mass is 333 g/mol. The Morgan fingerprint density at radius 3 is 1.76 bits per heavy atom. The summed E-state index contributed by atoms with van der Waals surface area (Å²) in [7, 11) is 0.659. The second kappa shape index (κ2) is 6.41. The summed E-state index contributed by atoms with van der Waals surface area (Å²) in [4.78, 5) is 1.91. The van der Waals surface area contributed by atoms with E-state index in [0.29, 0.717) is 17.2 Å². The molecule has 0 radical (unpaired) electrons. The molecule has 1 aliphatic heterocycles. The summed E-state index contributed by atoms with van der Waals surface area (Å²) < 4.78 is 17.0. The van der Waals surface area contributed by atoms with E-state index in [0.717, 1.165) is 11.4 Å². The fourth-order valence-electron chi connectivity index (χ4n) is 2.85. The van der Waals surface area contributed by atoms with Crippen LogP contribution in [0.5, 0.6) is 17.2 Å². The van der Waals surface area contributed by atoms with Crippen LogP contribution in [0.1, 0.15) is 0 Å². The number of nitrogens with zero attached hydrogens (tertiary/aromatic N) is 1. The van der Waals surface area contributed by atoms with Gasteiger partial charge in [-0.05, 0) is 36.4 Å². The molecule has 3 aromatic carbocycles. The van der Waals surface area contributed by atoms with Gasteiger partial charge in [-0.2, -0.15) is 0 Å². The summed E-state index contributed by atoms with van der Waals surface area (Å²) in [5.41, 5.74) is 2.19. The van der Waals surface area contributed by atoms with Crippen LogP contribution in [0.25, 0.3) is 0 Å². The summed E-state index contributed by atoms with van der Waals surface area (Å²) in [6.45, 7) is 0. The van der Waals surface area contributed by atoms with E-state index in [1.807, 2.05) is 65.6 Å². The maximum atomic E-state index is 10.4. The minimum Gasteiger partial charge on any atom is -0.506 e. The third kappa shape index (κ3) is 2.77. The number of phenolic OH excluding ortho intramolecular Hbond substituents is 1. The minimum atomic E-state index is -0.867. The number of para-hydroxylation sites is 6. The second-order valence-corrected chi connectivity index (χ2v) is 5.52. The summed E-state index contributed by atoms with van der Waals surface area (Å²) in [6, 6.07) is 22.3. The van der Waals surface area contributed by atoms with Gasteiger partial charge in [-0.15, -0.1) is 0 Å². The van der Waals surface area contributed by atoms with Gasteiger partial charge in [0.2, 0.25) is 0 Å². The second-order valence-electron chi connectivity index (χ2n) is 5.52. The van der Waals surface area contributed by atoms with Gasteiger partial charge in [0, 0.05) is 7.11 Å². The zero-order chi connectivity index (χ0) is 17.2. The minimum absolute atomic E-state index is 0.163. The molecular formula is C19H16BNO4. The van der Waals surface area contributed by atoms with Crippen LogP contribution < -0.4 is 14.2 Å². The first-order valence-corrected chi connectivity index (χ1v) is 7.90. The number of hydrogen-bond donors (Lipinski definition) is 1. The van der Waals surface area contributed by atoms with Crippen molar-refractivity contribution < 1.29 is 19.1 Å². The Hall–Kier alpha value is -3.12. The maximum absolute atomic E-state index is 10.4. The summed E-state index contributed by atoms with van der Waals surface area (Å²) >= 11 is 0. The molecule has 1 aliphatic rings. The van der Waals surface area contributed by atoms with E-state index in [1.165, 1.54) is 7.11 Å². The van der Waals surface area contributed by atoms with Crippen molar-refractivity contribution in [1.82, 2.24) is 0 Å². The average Bonchev–Trinajstić information content (AvgIpc) is 2.63. The molecule has 0 amide bonds. The third-order valence-electron chi connectivity index (χ3n) is 3.97. The number of anilines is 3. The predicted octanol–water partition coefficient (Wildman–Crippen LogP) is 4.26. The smallest absolute Gasteiger partial charge is 0.506 e. The van der Waals surface area contributed by atoms with Crippen molar-refractivity contribution in [2.75, 3.05) is 12.0 Å². The number of fused-ring (bicyclic) bond motifs is 2. The lowest BCUT2D eigenvalue weighted by Gasteiger charge is -2.32. The quantitative estimate of drug-likeness (QED) is 0.710. The number of rotatable bonds is 2. The zero-order valence-corrected chi connectivity index (χ0v) is 13.6. The van der Waals surface area contributed by atoms with E-state index in [2.05, 4.69) is 0 Å². The number of benzene rings is 3. The van der Waals surface area contributed by atoms with Crippen LogP contribution in [0, 0.1) is 0 Å². The molecule has 0 fully saturated rings. The van der Waals surface area contributed by atoms with E-state index in [1.54, 1.807) is 12.1 Å². The van der Waals surface area contributed by atoms with Crippen LogP contribution in [-0.4, -0.2) is 19.5 Å². The lowest BCUT2D eigenvalue weighted by atomic mass is 10.1. The molecule has 5 nitrogen and oxygen atoms in total. The summed E-state index contributed by atoms with van der Waals surface area (Å²) in [6.07, 6.45) is 0. The van der Waals surface area contributed by atoms with Crippen molar-refractivity contribution in [1.29, 1.82) is 0 Å². The van der Waals surface area contributed by atoms with E-state index >= 15 is 0 Å².